The normalized spacial score (nSPS) is 15.4. The molecular weight excluding hydrogens is 250 g/mol. The van der Waals surface area contributed by atoms with Crippen molar-refractivity contribution < 1.29 is 4.79 Å². The van der Waals surface area contributed by atoms with Crippen LogP contribution in [-0.2, 0) is 11.3 Å². The number of nitrogens with one attached hydrogen (secondary N) is 1. The molecule has 0 saturated heterocycles. The number of hydrogen-bond acceptors (Lipinski definition) is 3. The Morgan fingerprint density at radius 2 is 2.10 bits per heavy atom. The zero-order valence-electron chi connectivity index (χ0n) is 12.1. The van der Waals surface area contributed by atoms with E-state index in [1.54, 1.807) is 0 Å². The SMILES string of the molecule is CC(C)(C#N)CCCN1C(=O)CNCc2ccccc21. The Morgan fingerprint density at radius 3 is 2.85 bits per heavy atom. The summed E-state index contributed by atoms with van der Waals surface area (Å²) in [4.78, 5) is 14.1. The lowest BCUT2D eigenvalue weighted by molar-refractivity contribution is -0.117. The van der Waals surface area contributed by atoms with Crippen LogP contribution in [0.1, 0.15) is 32.3 Å². The summed E-state index contributed by atoms with van der Waals surface area (Å²) in [5, 5.41) is 12.2. The molecule has 1 amide bonds. The highest BCUT2D eigenvalue weighted by atomic mass is 16.2. The number of anilines is 1. The average molecular weight is 271 g/mol. The second-order valence-corrected chi connectivity index (χ2v) is 5.88. The minimum Gasteiger partial charge on any atom is -0.311 e. The third-order valence-corrected chi connectivity index (χ3v) is 3.66. The highest BCUT2D eigenvalue weighted by molar-refractivity contribution is 5.96. The van der Waals surface area contributed by atoms with Crippen molar-refractivity contribution >= 4 is 11.6 Å². The van der Waals surface area contributed by atoms with E-state index in [2.05, 4.69) is 11.4 Å². The van der Waals surface area contributed by atoms with Crippen LogP contribution in [0.15, 0.2) is 24.3 Å². The lowest BCUT2D eigenvalue weighted by atomic mass is 9.90. The van der Waals surface area contributed by atoms with E-state index in [1.807, 2.05) is 43.0 Å². The van der Waals surface area contributed by atoms with Crippen LogP contribution in [0.5, 0.6) is 0 Å². The first-order valence-electron chi connectivity index (χ1n) is 7.04. The predicted molar refractivity (Wildman–Crippen MR) is 79.1 cm³/mol. The number of carbonyl (C=O) groups is 1. The van der Waals surface area contributed by atoms with Crippen molar-refractivity contribution in [3.05, 3.63) is 29.8 Å². The first-order valence-corrected chi connectivity index (χ1v) is 7.04. The van der Waals surface area contributed by atoms with Gasteiger partial charge in [-0.2, -0.15) is 5.26 Å². The van der Waals surface area contributed by atoms with Gasteiger partial charge in [0.2, 0.25) is 5.91 Å². The smallest absolute Gasteiger partial charge is 0.240 e. The summed E-state index contributed by atoms with van der Waals surface area (Å²) < 4.78 is 0. The van der Waals surface area contributed by atoms with Gasteiger partial charge in [-0.3, -0.25) is 4.79 Å². The third-order valence-electron chi connectivity index (χ3n) is 3.66. The van der Waals surface area contributed by atoms with Gasteiger partial charge in [0.1, 0.15) is 0 Å². The first-order chi connectivity index (χ1) is 9.53. The lowest BCUT2D eigenvalue weighted by Gasteiger charge is -2.24. The third kappa shape index (κ3) is 3.37. The molecule has 106 valence electrons. The van der Waals surface area contributed by atoms with Crippen molar-refractivity contribution in [3.63, 3.8) is 0 Å². The molecule has 4 heteroatoms. The molecule has 0 unspecified atom stereocenters. The number of nitriles is 1. The summed E-state index contributed by atoms with van der Waals surface area (Å²) >= 11 is 0. The maximum Gasteiger partial charge on any atom is 0.240 e. The van der Waals surface area contributed by atoms with Crippen LogP contribution >= 0.6 is 0 Å². The first kappa shape index (κ1) is 14.5. The predicted octanol–water partition coefficient (Wildman–Crippen LogP) is 2.45. The maximum absolute atomic E-state index is 12.2. The summed E-state index contributed by atoms with van der Waals surface area (Å²) in [5.74, 6) is 0.102. The second-order valence-electron chi connectivity index (χ2n) is 5.88. The highest BCUT2D eigenvalue weighted by Gasteiger charge is 2.23. The minimum atomic E-state index is -0.327. The molecule has 0 radical (unpaired) electrons. The standard InChI is InChI=1S/C16H21N3O/c1-16(2,12-17)8-5-9-19-14-7-4-3-6-13(14)10-18-11-15(19)20/h3-4,6-7,18H,5,8-11H2,1-2H3. The summed E-state index contributed by atoms with van der Waals surface area (Å²) in [7, 11) is 0. The number of fused-ring (bicyclic) bond motifs is 1. The second kappa shape index (κ2) is 6.06. The van der Waals surface area contributed by atoms with Gasteiger partial charge in [-0.25, -0.2) is 0 Å². The summed E-state index contributed by atoms with van der Waals surface area (Å²) in [6, 6.07) is 10.3. The monoisotopic (exact) mass is 271 g/mol. The van der Waals surface area contributed by atoms with Gasteiger partial charge >= 0.3 is 0 Å². The Kier molecular flexibility index (Phi) is 4.41. The minimum absolute atomic E-state index is 0.102. The molecule has 0 aliphatic carbocycles. The molecule has 0 atom stereocenters. The van der Waals surface area contributed by atoms with E-state index < -0.39 is 0 Å². The van der Waals surface area contributed by atoms with Crippen molar-refractivity contribution in [2.75, 3.05) is 18.0 Å². The van der Waals surface area contributed by atoms with Crippen LogP contribution in [0.3, 0.4) is 0 Å². The molecule has 1 N–H and O–H groups in total. The Morgan fingerprint density at radius 1 is 1.35 bits per heavy atom. The van der Waals surface area contributed by atoms with Gasteiger partial charge in [0.25, 0.3) is 0 Å². The molecular formula is C16H21N3O. The number of nitrogens with zero attached hydrogens (tertiary/aromatic N) is 2. The number of amides is 1. The van der Waals surface area contributed by atoms with E-state index in [9.17, 15) is 4.79 Å². The van der Waals surface area contributed by atoms with Crippen LogP contribution in [0, 0.1) is 16.7 Å². The van der Waals surface area contributed by atoms with Crippen molar-refractivity contribution in [2.24, 2.45) is 5.41 Å². The number of benzene rings is 1. The van der Waals surface area contributed by atoms with Crippen LogP contribution in [0.4, 0.5) is 5.69 Å². The summed E-state index contributed by atoms with van der Waals surface area (Å²) in [6.07, 6.45) is 1.63. The van der Waals surface area contributed by atoms with Gasteiger partial charge in [-0.05, 0) is 38.3 Å². The molecule has 0 fully saturated rings. The molecule has 1 aliphatic heterocycles. The van der Waals surface area contributed by atoms with E-state index in [-0.39, 0.29) is 11.3 Å². The molecule has 0 saturated carbocycles. The topological polar surface area (TPSA) is 56.1 Å². The van der Waals surface area contributed by atoms with Crippen LogP contribution in [-0.4, -0.2) is 19.0 Å². The molecule has 20 heavy (non-hydrogen) atoms. The van der Waals surface area contributed by atoms with E-state index in [0.717, 1.165) is 30.6 Å². The zero-order chi connectivity index (χ0) is 14.6. The Labute approximate surface area is 120 Å². The quantitative estimate of drug-likeness (QED) is 0.915. The average Bonchev–Trinajstić information content (AvgIpc) is 2.59. The van der Waals surface area contributed by atoms with Gasteiger partial charge in [0.15, 0.2) is 0 Å². The highest BCUT2D eigenvalue weighted by Crippen LogP contribution is 2.25. The largest absolute Gasteiger partial charge is 0.311 e. The fourth-order valence-corrected chi connectivity index (χ4v) is 2.44. The lowest BCUT2D eigenvalue weighted by Crippen LogP contribution is -2.36. The molecule has 1 aliphatic rings. The van der Waals surface area contributed by atoms with Gasteiger partial charge in [-0.1, -0.05) is 18.2 Å². The fraction of sp³-hybridized carbons (Fsp3) is 0.500. The molecule has 1 aromatic carbocycles. The van der Waals surface area contributed by atoms with Gasteiger partial charge in [-0.15, -0.1) is 0 Å². The molecule has 2 rings (SSSR count). The van der Waals surface area contributed by atoms with Gasteiger partial charge in [0.05, 0.1) is 18.0 Å². The van der Waals surface area contributed by atoms with Crippen molar-refractivity contribution in [1.82, 2.24) is 5.32 Å². The van der Waals surface area contributed by atoms with Crippen LogP contribution in [0.2, 0.25) is 0 Å². The molecule has 4 nitrogen and oxygen atoms in total. The van der Waals surface area contributed by atoms with Crippen molar-refractivity contribution in [3.8, 4) is 6.07 Å². The molecule has 0 aromatic heterocycles. The summed E-state index contributed by atoms with van der Waals surface area (Å²) in [5.41, 5.74) is 1.82. The number of hydrogen-bond donors (Lipinski definition) is 1. The van der Waals surface area contributed by atoms with Crippen LogP contribution < -0.4 is 10.2 Å². The van der Waals surface area contributed by atoms with E-state index >= 15 is 0 Å². The Hall–Kier alpha value is -1.86. The number of carbonyl (C=O) groups excluding carboxylic acids is 1. The summed E-state index contributed by atoms with van der Waals surface area (Å²) in [6.45, 7) is 5.64. The van der Waals surface area contributed by atoms with Gasteiger partial charge in [0, 0.05) is 18.8 Å². The van der Waals surface area contributed by atoms with Crippen LogP contribution in [0.25, 0.3) is 0 Å². The van der Waals surface area contributed by atoms with Crippen molar-refractivity contribution in [2.45, 2.75) is 33.2 Å². The number of rotatable bonds is 4. The van der Waals surface area contributed by atoms with E-state index in [0.29, 0.717) is 13.1 Å². The van der Waals surface area contributed by atoms with Gasteiger partial charge < -0.3 is 10.2 Å². The fourth-order valence-electron chi connectivity index (χ4n) is 2.44. The van der Waals surface area contributed by atoms with Crippen molar-refractivity contribution in [1.29, 1.82) is 5.26 Å². The molecule has 0 bridgehead atoms. The molecule has 1 aromatic rings. The van der Waals surface area contributed by atoms with E-state index in [4.69, 9.17) is 5.26 Å². The zero-order valence-corrected chi connectivity index (χ0v) is 12.1. The number of para-hydroxylation sites is 1. The Balaban J connectivity index is 2.09. The maximum atomic E-state index is 12.2. The Bertz CT molecular complexity index is 531. The molecule has 1 heterocycles. The van der Waals surface area contributed by atoms with E-state index in [1.165, 1.54) is 0 Å². The molecule has 0 spiro atoms.